The standard InChI is InChI=1S/C13H10FNO3S/c1-7-6-8(2-3-9(7)14)12(16)15-11-5-4-10(19-11)13(17)18/h2-6H,1H3,(H,15,16)(H,17,18). The molecule has 0 atom stereocenters. The van der Waals surface area contributed by atoms with Gasteiger partial charge >= 0.3 is 5.97 Å². The van der Waals surface area contributed by atoms with Crippen molar-refractivity contribution in [1.82, 2.24) is 0 Å². The molecule has 2 aromatic rings. The van der Waals surface area contributed by atoms with Gasteiger partial charge in [-0.25, -0.2) is 9.18 Å². The first-order valence-electron chi connectivity index (χ1n) is 5.38. The molecule has 0 aliphatic heterocycles. The second-order valence-corrected chi connectivity index (χ2v) is 4.97. The Morgan fingerprint density at radius 3 is 2.58 bits per heavy atom. The number of carboxylic acids is 1. The minimum Gasteiger partial charge on any atom is -0.477 e. The van der Waals surface area contributed by atoms with Gasteiger partial charge in [0, 0.05) is 5.56 Å². The Kier molecular flexibility index (Phi) is 3.62. The Balaban J connectivity index is 2.15. The summed E-state index contributed by atoms with van der Waals surface area (Å²) in [4.78, 5) is 22.7. The molecular weight excluding hydrogens is 269 g/mol. The lowest BCUT2D eigenvalue weighted by Gasteiger charge is -2.04. The van der Waals surface area contributed by atoms with E-state index in [0.717, 1.165) is 11.3 Å². The van der Waals surface area contributed by atoms with Crippen molar-refractivity contribution in [2.45, 2.75) is 6.92 Å². The normalized spacial score (nSPS) is 10.2. The molecule has 2 N–H and O–H groups in total. The molecule has 0 saturated carbocycles. The third-order valence-corrected chi connectivity index (χ3v) is 3.46. The number of aromatic carboxylic acids is 1. The number of aryl methyl sites for hydroxylation is 1. The molecule has 0 fully saturated rings. The molecule has 98 valence electrons. The zero-order chi connectivity index (χ0) is 14.0. The van der Waals surface area contributed by atoms with Crippen LogP contribution in [0.25, 0.3) is 0 Å². The Labute approximate surface area is 112 Å². The van der Waals surface area contributed by atoms with Gasteiger partial charge in [0.2, 0.25) is 0 Å². The second-order valence-electron chi connectivity index (χ2n) is 3.89. The molecule has 0 unspecified atom stereocenters. The average molecular weight is 279 g/mol. The van der Waals surface area contributed by atoms with Crippen LogP contribution in [0, 0.1) is 12.7 Å². The first-order chi connectivity index (χ1) is 8.97. The van der Waals surface area contributed by atoms with Crippen LogP contribution in [0.3, 0.4) is 0 Å². The molecule has 6 heteroatoms. The summed E-state index contributed by atoms with van der Waals surface area (Å²) < 4.78 is 13.1. The van der Waals surface area contributed by atoms with Crippen molar-refractivity contribution in [3.63, 3.8) is 0 Å². The van der Waals surface area contributed by atoms with Gasteiger partial charge in [0.1, 0.15) is 10.7 Å². The quantitative estimate of drug-likeness (QED) is 0.907. The number of halogens is 1. The summed E-state index contributed by atoms with van der Waals surface area (Å²) in [5.41, 5.74) is 0.703. The van der Waals surface area contributed by atoms with Gasteiger partial charge in [-0.15, -0.1) is 11.3 Å². The molecular formula is C13H10FNO3S. The number of carboxylic acid groups (broad SMARTS) is 1. The number of amides is 1. The molecule has 2 rings (SSSR count). The Morgan fingerprint density at radius 1 is 1.26 bits per heavy atom. The number of benzene rings is 1. The maximum atomic E-state index is 13.1. The summed E-state index contributed by atoms with van der Waals surface area (Å²) in [5, 5.41) is 11.8. The molecule has 0 radical (unpaired) electrons. The number of nitrogens with one attached hydrogen (secondary N) is 1. The Morgan fingerprint density at radius 2 is 2.00 bits per heavy atom. The summed E-state index contributed by atoms with van der Waals surface area (Å²) in [6.07, 6.45) is 0. The van der Waals surface area contributed by atoms with E-state index in [1.165, 1.54) is 30.3 Å². The van der Waals surface area contributed by atoms with Crippen LogP contribution < -0.4 is 5.32 Å². The van der Waals surface area contributed by atoms with Crippen LogP contribution in [-0.4, -0.2) is 17.0 Å². The maximum absolute atomic E-state index is 13.1. The van der Waals surface area contributed by atoms with E-state index in [9.17, 15) is 14.0 Å². The van der Waals surface area contributed by atoms with E-state index in [4.69, 9.17) is 5.11 Å². The highest BCUT2D eigenvalue weighted by Gasteiger charge is 2.11. The van der Waals surface area contributed by atoms with Crippen LogP contribution in [0.4, 0.5) is 9.39 Å². The molecule has 1 aromatic carbocycles. The van der Waals surface area contributed by atoms with Crippen molar-refractivity contribution in [3.8, 4) is 0 Å². The van der Waals surface area contributed by atoms with Gasteiger partial charge < -0.3 is 10.4 Å². The van der Waals surface area contributed by atoms with Crippen molar-refractivity contribution in [3.05, 3.63) is 52.2 Å². The number of hydrogen-bond donors (Lipinski definition) is 2. The summed E-state index contributed by atoms with van der Waals surface area (Å²) >= 11 is 0.966. The van der Waals surface area contributed by atoms with Crippen molar-refractivity contribution in [1.29, 1.82) is 0 Å². The van der Waals surface area contributed by atoms with E-state index in [2.05, 4.69) is 5.32 Å². The van der Waals surface area contributed by atoms with Gasteiger partial charge in [-0.3, -0.25) is 4.79 Å². The molecule has 0 aliphatic carbocycles. The molecule has 1 heterocycles. The average Bonchev–Trinajstić information content (AvgIpc) is 2.81. The van der Waals surface area contributed by atoms with Crippen molar-refractivity contribution in [2.75, 3.05) is 5.32 Å². The number of rotatable bonds is 3. The number of anilines is 1. The minimum atomic E-state index is -1.04. The second kappa shape index (κ2) is 5.19. The molecule has 1 amide bonds. The summed E-state index contributed by atoms with van der Waals surface area (Å²) in [5.74, 6) is -1.81. The van der Waals surface area contributed by atoms with Crippen LogP contribution in [0.5, 0.6) is 0 Å². The lowest BCUT2D eigenvalue weighted by Crippen LogP contribution is -2.11. The van der Waals surface area contributed by atoms with Crippen molar-refractivity contribution < 1.29 is 19.1 Å². The van der Waals surface area contributed by atoms with Crippen LogP contribution in [0.15, 0.2) is 30.3 Å². The highest BCUT2D eigenvalue weighted by molar-refractivity contribution is 7.18. The lowest BCUT2D eigenvalue weighted by atomic mass is 10.1. The van der Waals surface area contributed by atoms with Gasteiger partial charge in [-0.2, -0.15) is 0 Å². The van der Waals surface area contributed by atoms with Gasteiger partial charge in [0.25, 0.3) is 5.91 Å². The Hall–Kier alpha value is -2.21. The number of thiophene rings is 1. The fourth-order valence-electron chi connectivity index (χ4n) is 1.49. The van der Waals surface area contributed by atoms with E-state index in [0.29, 0.717) is 16.1 Å². The smallest absolute Gasteiger partial charge is 0.345 e. The summed E-state index contributed by atoms with van der Waals surface area (Å²) in [6.45, 7) is 1.57. The molecule has 0 saturated heterocycles. The summed E-state index contributed by atoms with van der Waals surface area (Å²) in [7, 11) is 0. The van der Waals surface area contributed by atoms with Crippen LogP contribution in [0.1, 0.15) is 25.6 Å². The van der Waals surface area contributed by atoms with Gasteiger partial charge in [0.05, 0.1) is 5.00 Å². The van der Waals surface area contributed by atoms with Crippen LogP contribution in [0.2, 0.25) is 0 Å². The number of carbonyl (C=O) groups excluding carboxylic acids is 1. The van der Waals surface area contributed by atoms with Crippen LogP contribution in [-0.2, 0) is 0 Å². The zero-order valence-electron chi connectivity index (χ0n) is 9.94. The molecule has 0 aliphatic rings. The molecule has 0 spiro atoms. The highest BCUT2D eigenvalue weighted by Crippen LogP contribution is 2.22. The van der Waals surface area contributed by atoms with Gasteiger partial charge in [-0.1, -0.05) is 0 Å². The number of carbonyl (C=O) groups is 2. The molecule has 4 nitrogen and oxygen atoms in total. The first kappa shape index (κ1) is 13.2. The predicted octanol–water partition coefficient (Wildman–Crippen LogP) is 3.15. The van der Waals surface area contributed by atoms with E-state index >= 15 is 0 Å². The van der Waals surface area contributed by atoms with E-state index in [1.54, 1.807) is 6.92 Å². The van der Waals surface area contributed by atoms with Crippen molar-refractivity contribution >= 4 is 28.2 Å². The van der Waals surface area contributed by atoms with Gasteiger partial charge in [-0.05, 0) is 42.8 Å². The van der Waals surface area contributed by atoms with Crippen LogP contribution >= 0.6 is 11.3 Å². The predicted molar refractivity (Wildman–Crippen MR) is 70.4 cm³/mol. The van der Waals surface area contributed by atoms with Crippen molar-refractivity contribution in [2.24, 2.45) is 0 Å². The maximum Gasteiger partial charge on any atom is 0.345 e. The fraction of sp³-hybridized carbons (Fsp3) is 0.0769. The third kappa shape index (κ3) is 2.97. The molecule has 1 aromatic heterocycles. The largest absolute Gasteiger partial charge is 0.477 e. The number of hydrogen-bond acceptors (Lipinski definition) is 3. The first-order valence-corrected chi connectivity index (χ1v) is 6.19. The van der Waals surface area contributed by atoms with E-state index in [1.807, 2.05) is 0 Å². The summed E-state index contributed by atoms with van der Waals surface area (Å²) in [6, 6.07) is 6.97. The monoisotopic (exact) mass is 279 g/mol. The SMILES string of the molecule is Cc1cc(C(=O)Nc2ccc(C(=O)O)s2)ccc1F. The third-order valence-electron chi connectivity index (χ3n) is 2.47. The van der Waals surface area contributed by atoms with E-state index in [-0.39, 0.29) is 10.7 Å². The lowest BCUT2D eigenvalue weighted by molar-refractivity contribution is 0.0702. The fourth-order valence-corrected chi connectivity index (χ4v) is 2.23. The topological polar surface area (TPSA) is 66.4 Å². The van der Waals surface area contributed by atoms with Gasteiger partial charge in [0.15, 0.2) is 0 Å². The molecule has 0 bridgehead atoms. The Bertz CT molecular complexity index is 651. The highest BCUT2D eigenvalue weighted by atomic mass is 32.1. The molecule has 19 heavy (non-hydrogen) atoms. The minimum absolute atomic E-state index is 0.144. The zero-order valence-corrected chi connectivity index (χ0v) is 10.8. The van der Waals surface area contributed by atoms with E-state index < -0.39 is 11.9 Å².